The van der Waals surface area contributed by atoms with Gasteiger partial charge in [0.1, 0.15) is 18.2 Å². The number of nitrogens with zero attached hydrogens (tertiary/aromatic N) is 1. The van der Waals surface area contributed by atoms with E-state index in [1.807, 2.05) is 11.0 Å². The predicted molar refractivity (Wildman–Crippen MR) is 82.8 cm³/mol. The highest BCUT2D eigenvalue weighted by Gasteiger charge is 2.20. The Morgan fingerprint density at radius 1 is 1.48 bits per heavy atom. The van der Waals surface area contributed by atoms with Crippen molar-refractivity contribution < 1.29 is 9.53 Å². The number of nitrogens with one attached hydrogen (secondary N) is 2. The lowest BCUT2D eigenvalue weighted by Gasteiger charge is -2.30. The predicted octanol–water partition coefficient (Wildman–Crippen LogP) is 2.27. The number of nitrogens with two attached hydrogens (primary N) is 1. The topological polar surface area (TPSA) is 91.4 Å². The second-order valence-electron chi connectivity index (χ2n) is 5.44. The van der Waals surface area contributed by atoms with Crippen LogP contribution in [0, 0.1) is 11.3 Å². The SMILES string of the molecule is CC1CCN(C(=O)Nc2cccc(OCC(=N)N)c2)CC1. The van der Waals surface area contributed by atoms with E-state index >= 15 is 0 Å². The number of hydrogen-bond acceptors (Lipinski definition) is 3. The summed E-state index contributed by atoms with van der Waals surface area (Å²) in [5.41, 5.74) is 5.93. The number of likely N-dealkylation sites (tertiary alicyclic amines) is 1. The Balaban J connectivity index is 1.91. The number of benzene rings is 1. The quantitative estimate of drug-likeness (QED) is 0.586. The standard InChI is InChI=1S/C15H22N4O2/c1-11-5-7-19(8-6-11)15(20)18-12-3-2-4-13(9-12)21-10-14(16)17/h2-4,9,11H,5-8,10H2,1H3,(H3,16,17)(H,18,20). The van der Waals surface area contributed by atoms with Crippen LogP contribution in [0.4, 0.5) is 10.5 Å². The van der Waals surface area contributed by atoms with E-state index in [9.17, 15) is 4.79 Å². The summed E-state index contributed by atoms with van der Waals surface area (Å²) in [6, 6.07) is 7.02. The number of hydrogen-bond donors (Lipinski definition) is 3. The molecule has 1 aliphatic rings. The molecule has 1 aromatic rings. The molecule has 2 rings (SSSR count). The largest absolute Gasteiger partial charge is 0.486 e. The van der Waals surface area contributed by atoms with Gasteiger partial charge in [0.05, 0.1) is 0 Å². The molecule has 0 saturated carbocycles. The number of anilines is 1. The zero-order valence-electron chi connectivity index (χ0n) is 12.3. The first-order valence-electron chi connectivity index (χ1n) is 7.16. The third-order valence-corrected chi connectivity index (χ3v) is 3.55. The summed E-state index contributed by atoms with van der Waals surface area (Å²) >= 11 is 0. The minimum atomic E-state index is -0.0781. The first kappa shape index (κ1) is 15.2. The maximum atomic E-state index is 12.2. The van der Waals surface area contributed by atoms with Crippen molar-refractivity contribution in [2.75, 3.05) is 25.0 Å². The van der Waals surface area contributed by atoms with Crippen molar-refractivity contribution in [3.63, 3.8) is 0 Å². The minimum Gasteiger partial charge on any atom is -0.486 e. The fraction of sp³-hybridized carbons (Fsp3) is 0.467. The molecule has 6 nitrogen and oxygen atoms in total. The van der Waals surface area contributed by atoms with Gasteiger partial charge in [-0.3, -0.25) is 5.41 Å². The summed E-state index contributed by atoms with van der Waals surface area (Å²) in [5.74, 6) is 1.24. The van der Waals surface area contributed by atoms with Gasteiger partial charge in [0.15, 0.2) is 0 Å². The molecule has 0 aromatic heterocycles. The summed E-state index contributed by atoms with van der Waals surface area (Å²) in [6.07, 6.45) is 2.10. The molecule has 1 saturated heterocycles. The maximum absolute atomic E-state index is 12.2. The molecule has 1 fully saturated rings. The van der Waals surface area contributed by atoms with Crippen LogP contribution in [0.2, 0.25) is 0 Å². The van der Waals surface area contributed by atoms with Crippen LogP contribution in [0.15, 0.2) is 24.3 Å². The van der Waals surface area contributed by atoms with Crippen LogP contribution in [0.3, 0.4) is 0 Å². The van der Waals surface area contributed by atoms with Crippen molar-refractivity contribution >= 4 is 17.6 Å². The number of rotatable bonds is 4. The van der Waals surface area contributed by atoms with Crippen molar-refractivity contribution in [1.82, 2.24) is 4.90 Å². The van der Waals surface area contributed by atoms with Crippen LogP contribution in [-0.2, 0) is 0 Å². The Labute approximate surface area is 124 Å². The van der Waals surface area contributed by atoms with Crippen LogP contribution in [0.1, 0.15) is 19.8 Å². The summed E-state index contributed by atoms with van der Waals surface area (Å²) < 4.78 is 5.33. The molecule has 0 spiro atoms. The van der Waals surface area contributed by atoms with Gasteiger partial charge in [-0.05, 0) is 30.9 Å². The van der Waals surface area contributed by atoms with Gasteiger partial charge in [-0.15, -0.1) is 0 Å². The molecule has 4 N–H and O–H groups in total. The second-order valence-corrected chi connectivity index (χ2v) is 5.44. The van der Waals surface area contributed by atoms with Crippen molar-refractivity contribution in [1.29, 1.82) is 5.41 Å². The maximum Gasteiger partial charge on any atom is 0.321 e. The monoisotopic (exact) mass is 290 g/mol. The van der Waals surface area contributed by atoms with Crippen LogP contribution in [0.5, 0.6) is 5.75 Å². The zero-order valence-corrected chi connectivity index (χ0v) is 12.3. The Bertz CT molecular complexity index is 510. The molecule has 0 atom stereocenters. The third kappa shape index (κ3) is 4.66. The van der Waals surface area contributed by atoms with Gasteiger partial charge in [0.2, 0.25) is 0 Å². The number of piperidine rings is 1. The zero-order chi connectivity index (χ0) is 15.2. The average Bonchev–Trinajstić information content (AvgIpc) is 2.46. The molecule has 0 unspecified atom stereocenters. The van der Waals surface area contributed by atoms with Crippen LogP contribution < -0.4 is 15.8 Å². The van der Waals surface area contributed by atoms with E-state index < -0.39 is 0 Å². The molecule has 2 amide bonds. The van der Waals surface area contributed by atoms with Gasteiger partial charge in [0.25, 0.3) is 0 Å². The molecule has 1 heterocycles. The molecular formula is C15H22N4O2. The van der Waals surface area contributed by atoms with Crippen LogP contribution in [-0.4, -0.2) is 36.5 Å². The van der Waals surface area contributed by atoms with Gasteiger partial charge in [-0.1, -0.05) is 13.0 Å². The van der Waals surface area contributed by atoms with E-state index in [1.54, 1.807) is 18.2 Å². The van der Waals surface area contributed by atoms with Crippen LogP contribution in [0.25, 0.3) is 0 Å². The fourth-order valence-electron chi connectivity index (χ4n) is 2.24. The molecule has 0 aliphatic carbocycles. The number of amidine groups is 1. The number of amides is 2. The number of carbonyl (C=O) groups is 1. The van der Waals surface area contributed by atoms with Crippen molar-refractivity contribution in [2.24, 2.45) is 11.7 Å². The summed E-state index contributed by atoms with van der Waals surface area (Å²) in [6.45, 7) is 3.85. The van der Waals surface area contributed by atoms with Gasteiger partial charge in [-0.25, -0.2) is 4.79 Å². The smallest absolute Gasteiger partial charge is 0.321 e. The summed E-state index contributed by atoms with van der Waals surface area (Å²) in [4.78, 5) is 14.0. The summed E-state index contributed by atoms with van der Waals surface area (Å²) in [5, 5.41) is 10.0. The van der Waals surface area contributed by atoms with E-state index in [4.69, 9.17) is 15.9 Å². The Morgan fingerprint density at radius 2 is 2.19 bits per heavy atom. The minimum absolute atomic E-state index is 0.0353. The van der Waals surface area contributed by atoms with Gasteiger partial charge < -0.3 is 20.7 Å². The Morgan fingerprint density at radius 3 is 2.86 bits per heavy atom. The Hall–Kier alpha value is -2.24. The number of carbonyl (C=O) groups excluding carboxylic acids is 1. The van der Waals surface area contributed by atoms with Crippen molar-refractivity contribution in [2.45, 2.75) is 19.8 Å². The van der Waals surface area contributed by atoms with Gasteiger partial charge in [0, 0.05) is 24.8 Å². The van der Waals surface area contributed by atoms with Gasteiger partial charge in [-0.2, -0.15) is 0 Å². The molecule has 1 aromatic carbocycles. The molecule has 0 radical (unpaired) electrons. The normalized spacial score (nSPS) is 15.6. The van der Waals surface area contributed by atoms with E-state index in [-0.39, 0.29) is 18.5 Å². The highest BCUT2D eigenvalue weighted by molar-refractivity contribution is 5.89. The molecule has 21 heavy (non-hydrogen) atoms. The molecule has 6 heteroatoms. The fourth-order valence-corrected chi connectivity index (χ4v) is 2.24. The first-order valence-corrected chi connectivity index (χ1v) is 7.16. The summed E-state index contributed by atoms with van der Waals surface area (Å²) in [7, 11) is 0. The lowest BCUT2D eigenvalue weighted by Crippen LogP contribution is -2.40. The van der Waals surface area contributed by atoms with E-state index in [2.05, 4.69) is 12.2 Å². The van der Waals surface area contributed by atoms with E-state index in [0.29, 0.717) is 17.4 Å². The second kappa shape index (κ2) is 6.97. The average molecular weight is 290 g/mol. The highest BCUT2D eigenvalue weighted by atomic mass is 16.5. The van der Waals surface area contributed by atoms with Crippen molar-refractivity contribution in [3.05, 3.63) is 24.3 Å². The van der Waals surface area contributed by atoms with E-state index in [0.717, 1.165) is 25.9 Å². The third-order valence-electron chi connectivity index (χ3n) is 3.55. The first-order chi connectivity index (χ1) is 10.0. The molecule has 0 bridgehead atoms. The van der Waals surface area contributed by atoms with E-state index in [1.165, 1.54) is 0 Å². The number of ether oxygens (including phenoxy) is 1. The molecule has 114 valence electrons. The highest BCUT2D eigenvalue weighted by Crippen LogP contribution is 2.20. The van der Waals surface area contributed by atoms with Crippen LogP contribution >= 0.6 is 0 Å². The van der Waals surface area contributed by atoms with Gasteiger partial charge >= 0.3 is 6.03 Å². The van der Waals surface area contributed by atoms with Crippen molar-refractivity contribution in [3.8, 4) is 5.75 Å². The number of urea groups is 1. The Kier molecular flexibility index (Phi) is 5.03. The molecular weight excluding hydrogens is 268 g/mol. The lowest BCUT2D eigenvalue weighted by molar-refractivity contribution is 0.186. The molecule has 1 aliphatic heterocycles. The lowest BCUT2D eigenvalue weighted by atomic mass is 10.00.